The fourth-order valence-electron chi connectivity index (χ4n) is 1.26. The van der Waals surface area contributed by atoms with Crippen LogP contribution in [0.25, 0.3) is 5.65 Å². The molecule has 0 saturated carbocycles. The van der Waals surface area contributed by atoms with Crippen molar-refractivity contribution in [2.24, 2.45) is 0 Å². The van der Waals surface area contributed by atoms with E-state index in [-0.39, 0.29) is 5.82 Å². The molecule has 2 rings (SSSR count). The van der Waals surface area contributed by atoms with Gasteiger partial charge in [0.05, 0.1) is 11.1 Å². The van der Waals surface area contributed by atoms with Gasteiger partial charge in [-0.25, -0.2) is 4.79 Å². The molecule has 0 unspecified atom stereocenters. The molecule has 0 fully saturated rings. The summed E-state index contributed by atoms with van der Waals surface area (Å²) < 4.78 is 8.28. The van der Waals surface area contributed by atoms with Crippen molar-refractivity contribution >= 4 is 50.1 Å². The van der Waals surface area contributed by atoms with Crippen LogP contribution in [0.2, 0.25) is 0 Å². The predicted molar refractivity (Wildman–Crippen MR) is 69.4 cm³/mol. The van der Waals surface area contributed by atoms with Gasteiger partial charge in [-0.1, -0.05) is 0 Å². The second kappa shape index (κ2) is 4.66. The van der Waals surface area contributed by atoms with Crippen molar-refractivity contribution in [1.82, 2.24) is 14.6 Å². The number of pyridine rings is 1. The number of carbonyl (C=O) groups excluding carboxylic acids is 1. The molecule has 2 aromatic rings. The van der Waals surface area contributed by atoms with Gasteiger partial charge in [0.2, 0.25) is 5.82 Å². The SMILES string of the molecule is CCOC(=O)c1nnc2c(Br)cc(I)cn12. The second-order valence-electron chi connectivity index (χ2n) is 2.94. The van der Waals surface area contributed by atoms with Crippen LogP contribution >= 0.6 is 38.5 Å². The molecule has 0 aliphatic heterocycles. The zero-order valence-electron chi connectivity index (χ0n) is 8.28. The maximum Gasteiger partial charge on any atom is 0.376 e. The van der Waals surface area contributed by atoms with Gasteiger partial charge in [-0.15, -0.1) is 10.2 Å². The highest BCUT2D eigenvalue weighted by Gasteiger charge is 2.16. The van der Waals surface area contributed by atoms with E-state index in [2.05, 4.69) is 48.7 Å². The number of esters is 1. The minimum atomic E-state index is -0.469. The van der Waals surface area contributed by atoms with Crippen LogP contribution in [-0.4, -0.2) is 27.2 Å². The maximum absolute atomic E-state index is 11.6. The first-order valence-corrected chi connectivity index (χ1v) is 6.37. The third-order valence-corrected chi connectivity index (χ3v) is 3.06. The van der Waals surface area contributed by atoms with Gasteiger partial charge in [-0.05, 0) is 51.5 Å². The minimum absolute atomic E-state index is 0.191. The Labute approximate surface area is 113 Å². The lowest BCUT2D eigenvalue weighted by Crippen LogP contribution is -2.09. The topological polar surface area (TPSA) is 56.5 Å². The van der Waals surface area contributed by atoms with Crippen LogP contribution in [-0.2, 0) is 4.74 Å². The van der Waals surface area contributed by atoms with Crippen molar-refractivity contribution in [1.29, 1.82) is 0 Å². The Bertz CT molecular complexity index is 555. The average molecular weight is 396 g/mol. The fraction of sp³-hybridized carbons (Fsp3) is 0.222. The van der Waals surface area contributed by atoms with Gasteiger partial charge in [0, 0.05) is 9.77 Å². The van der Waals surface area contributed by atoms with Crippen molar-refractivity contribution in [2.75, 3.05) is 6.61 Å². The summed E-state index contributed by atoms with van der Waals surface area (Å²) >= 11 is 5.52. The molecule has 0 N–H and O–H groups in total. The van der Waals surface area contributed by atoms with Crippen LogP contribution in [0, 0.1) is 3.57 Å². The van der Waals surface area contributed by atoms with Crippen molar-refractivity contribution < 1.29 is 9.53 Å². The van der Waals surface area contributed by atoms with Crippen LogP contribution in [0.1, 0.15) is 17.5 Å². The Morgan fingerprint density at radius 3 is 3.06 bits per heavy atom. The van der Waals surface area contributed by atoms with Crippen LogP contribution < -0.4 is 0 Å². The molecular weight excluding hydrogens is 389 g/mol. The maximum atomic E-state index is 11.6. The molecule has 0 aliphatic rings. The van der Waals surface area contributed by atoms with E-state index in [9.17, 15) is 4.79 Å². The van der Waals surface area contributed by atoms with Gasteiger partial charge in [0.1, 0.15) is 0 Å². The van der Waals surface area contributed by atoms with E-state index >= 15 is 0 Å². The number of rotatable bonds is 2. The fourth-order valence-corrected chi connectivity index (χ4v) is 2.79. The first-order valence-electron chi connectivity index (χ1n) is 4.50. The number of halogens is 2. The van der Waals surface area contributed by atoms with E-state index in [0.29, 0.717) is 12.3 Å². The molecule has 0 amide bonds. The molecule has 0 atom stereocenters. The summed E-state index contributed by atoms with van der Waals surface area (Å²) in [4.78, 5) is 11.6. The lowest BCUT2D eigenvalue weighted by molar-refractivity contribution is 0.0510. The predicted octanol–water partition coefficient (Wildman–Crippen LogP) is 2.27. The summed E-state index contributed by atoms with van der Waals surface area (Å²) in [6.45, 7) is 2.07. The van der Waals surface area contributed by atoms with Crippen molar-refractivity contribution in [3.63, 3.8) is 0 Å². The Hall–Kier alpha value is -0.700. The number of carbonyl (C=O) groups is 1. The second-order valence-corrected chi connectivity index (χ2v) is 5.04. The van der Waals surface area contributed by atoms with Crippen LogP contribution in [0.4, 0.5) is 0 Å². The molecule has 0 saturated heterocycles. The number of hydrogen-bond donors (Lipinski definition) is 0. The molecular formula is C9H7BrIN3O2. The van der Waals surface area contributed by atoms with Crippen molar-refractivity contribution in [3.8, 4) is 0 Å². The van der Waals surface area contributed by atoms with Gasteiger partial charge < -0.3 is 4.74 Å². The smallest absolute Gasteiger partial charge is 0.376 e. The summed E-state index contributed by atoms with van der Waals surface area (Å²) in [5.41, 5.74) is 0.600. The largest absolute Gasteiger partial charge is 0.460 e. The molecule has 0 bridgehead atoms. The Kier molecular flexibility index (Phi) is 3.43. The molecule has 16 heavy (non-hydrogen) atoms. The average Bonchev–Trinajstić information content (AvgIpc) is 2.61. The molecule has 2 aromatic heterocycles. The quantitative estimate of drug-likeness (QED) is 0.578. The monoisotopic (exact) mass is 395 g/mol. The molecule has 7 heteroatoms. The van der Waals surface area contributed by atoms with Gasteiger partial charge >= 0.3 is 5.97 Å². The zero-order chi connectivity index (χ0) is 11.7. The van der Waals surface area contributed by atoms with Gasteiger partial charge in [-0.2, -0.15) is 0 Å². The van der Waals surface area contributed by atoms with Gasteiger partial charge in [0.15, 0.2) is 5.65 Å². The molecule has 0 aromatic carbocycles. The third-order valence-electron chi connectivity index (χ3n) is 1.88. The minimum Gasteiger partial charge on any atom is -0.460 e. The van der Waals surface area contributed by atoms with E-state index in [0.717, 1.165) is 8.04 Å². The number of hydrogen-bond acceptors (Lipinski definition) is 4. The van der Waals surface area contributed by atoms with E-state index < -0.39 is 5.97 Å². The van der Waals surface area contributed by atoms with Crippen LogP contribution in [0.3, 0.4) is 0 Å². The molecule has 0 aliphatic carbocycles. The van der Waals surface area contributed by atoms with E-state index in [1.165, 1.54) is 0 Å². The number of nitrogens with zero attached hydrogens (tertiary/aromatic N) is 3. The van der Waals surface area contributed by atoms with Crippen LogP contribution in [0.5, 0.6) is 0 Å². The summed E-state index contributed by atoms with van der Waals surface area (Å²) in [5, 5.41) is 7.75. The van der Waals surface area contributed by atoms with Crippen molar-refractivity contribution in [3.05, 3.63) is 26.1 Å². The highest BCUT2D eigenvalue weighted by molar-refractivity contribution is 14.1. The molecule has 84 valence electrons. The van der Waals surface area contributed by atoms with Gasteiger partial charge in [0.25, 0.3) is 0 Å². The first-order chi connectivity index (χ1) is 7.63. The van der Waals surface area contributed by atoms with E-state index in [1.54, 1.807) is 17.5 Å². The molecule has 2 heterocycles. The summed E-state index contributed by atoms with van der Waals surface area (Å²) in [5.74, 6) is -0.278. The third kappa shape index (κ3) is 2.05. The highest BCUT2D eigenvalue weighted by Crippen LogP contribution is 2.20. The normalized spacial score (nSPS) is 10.7. The molecule has 0 spiro atoms. The summed E-state index contributed by atoms with van der Waals surface area (Å²) in [6.07, 6.45) is 1.78. The standard InChI is InChI=1S/C9H7BrIN3O2/c1-2-16-9(15)8-13-12-7-6(10)3-5(11)4-14(7)8/h3-4H,2H2,1H3. The van der Waals surface area contributed by atoms with E-state index in [1.807, 2.05) is 6.07 Å². The molecule has 5 nitrogen and oxygen atoms in total. The number of ether oxygens (including phenoxy) is 1. The summed E-state index contributed by atoms with van der Waals surface area (Å²) in [6, 6.07) is 1.90. The number of fused-ring (bicyclic) bond motifs is 1. The Balaban J connectivity index is 2.60. The summed E-state index contributed by atoms with van der Waals surface area (Å²) in [7, 11) is 0. The Morgan fingerprint density at radius 2 is 2.38 bits per heavy atom. The molecule has 0 radical (unpaired) electrons. The lowest BCUT2D eigenvalue weighted by atomic mass is 10.4. The Morgan fingerprint density at radius 1 is 1.62 bits per heavy atom. The van der Waals surface area contributed by atoms with Crippen molar-refractivity contribution in [2.45, 2.75) is 6.92 Å². The van der Waals surface area contributed by atoms with Gasteiger partial charge in [-0.3, -0.25) is 4.40 Å². The van der Waals surface area contributed by atoms with Crippen LogP contribution in [0.15, 0.2) is 16.7 Å². The zero-order valence-corrected chi connectivity index (χ0v) is 12.0. The van der Waals surface area contributed by atoms with E-state index in [4.69, 9.17) is 4.74 Å². The number of aromatic nitrogens is 3. The lowest BCUT2D eigenvalue weighted by Gasteiger charge is -2.01. The first kappa shape index (κ1) is 11.8. The highest BCUT2D eigenvalue weighted by atomic mass is 127.